The van der Waals surface area contributed by atoms with Gasteiger partial charge in [-0.25, -0.2) is 9.97 Å². The smallest absolute Gasteiger partial charge is 0.274 e. The number of nitrogens with zero attached hydrogens (tertiary/aromatic N) is 4. The van der Waals surface area contributed by atoms with Crippen LogP contribution < -0.4 is 0 Å². The Kier molecular flexibility index (Phi) is 4.16. The number of fused-ring (bicyclic) bond motifs is 1. The fraction of sp³-hybridized carbons (Fsp3) is 0.294. The summed E-state index contributed by atoms with van der Waals surface area (Å²) in [4.78, 5) is 27.1. The monoisotopic (exact) mass is 358 g/mol. The Hall–Kier alpha value is -2.05. The highest BCUT2D eigenvalue weighted by Gasteiger charge is 2.27. The van der Waals surface area contributed by atoms with Crippen LogP contribution in [0.4, 0.5) is 0 Å². The van der Waals surface area contributed by atoms with Gasteiger partial charge in [-0.3, -0.25) is 9.78 Å². The van der Waals surface area contributed by atoms with Crippen LogP contribution in [0, 0.1) is 0 Å². The van der Waals surface area contributed by atoms with Crippen LogP contribution in [0.2, 0.25) is 5.02 Å². The number of thiazole rings is 1. The maximum Gasteiger partial charge on any atom is 0.274 e. The van der Waals surface area contributed by atoms with Crippen molar-refractivity contribution in [2.45, 2.75) is 18.8 Å². The van der Waals surface area contributed by atoms with Crippen molar-refractivity contribution in [3.05, 3.63) is 52.5 Å². The van der Waals surface area contributed by atoms with Crippen LogP contribution in [0.25, 0.3) is 10.2 Å². The first-order valence-electron chi connectivity index (χ1n) is 7.82. The van der Waals surface area contributed by atoms with Crippen molar-refractivity contribution in [3.63, 3.8) is 0 Å². The number of carbonyl (C=O) groups is 1. The zero-order chi connectivity index (χ0) is 16.5. The highest BCUT2D eigenvalue weighted by atomic mass is 35.5. The molecule has 1 aliphatic rings. The summed E-state index contributed by atoms with van der Waals surface area (Å²) in [5.74, 6) is 0.352. The maximum absolute atomic E-state index is 12.4. The van der Waals surface area contributed by atoms with E-state index in [2.05, 4.69) is 9.97 Å². The molecule has 5 nitrogen and oxygen atoms in total. The van der Waals surface area contributed by atoms with E-state index in [1.807, 2.05) is 23.1 Å². The number of halogens is 1. The first kappa shape index (κ1) is 15.5. The molecule has 0 spiro atoms. The average Bonchev–Trinajstić information content (AvgIpc) is 3.05. The lowest BCUT2D eigenvalue weighted by atomic mass is 9.97. The van der Waals surface area contributed by atoms with E-state index < -0.39 is 0 Å². The summed E-state index contributed by atoms with van der Waals surface area (Å²) in [6.45, 7) is 1.44. The highest BCUT2D eigenvalue weighted by molar-refractivity contribution is 7.18. The standard InChI is InChI=1S/C17H15ClN4OS/c18-12-1-2-15-13(9-12)21-16(24-15)11-3-7-22(8-4-11)17(23)14-10-19-5-6-20-14/h1-2,5-6,9-11H,3-4,7-8H2. The summed E-state index contributed by atoms with van der Waals surface area (Å²) < 4.78 is 1.16. The molecular weight excluding hydrogens is 344 g/mol. The molecule has 0 bridgehead atoms. The van der Waals surface area contributed by atoms with Crippen LogP contribution >= 0.6 is 22.9 Å². The van der Waals surface area contributed by atoms with Gasteiger partial charge in [0.1, 0.15) is 5.69 Å². The van der Waals surface area contributed by atoms with Gasteiger partial charge in [0.15, 0.2) is 0 Å². The number of benzene rings is 1. The number of hydrogen-bond acceptors (Lipinski definition) is 5. The van der Waals surface area contributed by atoms with Crippen LogP contribution in [0.5, 0.6) is 0 Å². The fourth-order valence-electron chi connectivity index (χ4n) is 2.99. The predicted octanol–water partition coefficient (Wildman–Crippen LogP) is 3.76. The van der Waals surface area contributed by atoms with E-state index in [9.17, 15) is 4.79 Å². The Bertz CT molecular complexity index is 875. The molecule has 3 aromatic rings. The fourth-order valence-corrected chi connectivity index (χ4v) is 4.28. The first-order chi connectivity index (χ1) is 11.7. The van der Waals surface area contributed by atoms with Crippen LogP contribution in [-0.4, -0.2) is 38.8 Å². The van der Waals surface area contributed by atoms with E-state index in [1.165, 1.54) is 6.20 Å². The first-order valence-corrected chi connectivity index (χ1v) is 9.01. The number of amides is 1. The zero-order valence-corrected chi connectivity index (χ0v) is 14.4. The molecule has 0 N–H and O–H groups in total. The average molecular weight is 359 g/mol. The van der Waals surface area contributed by atoms with Gasteiger partial charge in [0.05, 0.1) is 21.4 Å². The molecule has 24 heavy (non-hydrogen) atoms. The van der Waals surface area contributed by atoms with Crippen molar-refractivity contribution < 1.29 is 4.79 Å². The van der Waals surface area contributed by atoms with Crippen molar-refractivity contribution in [2.24, 2.45) is 0 Å². The lowest BCUT2D eigenvalue weighted by molar-refractivity contribution is 0.0706. The molecule has 3 heterocycles. The minimum absolute atomic E-state index is 0.0439. The van der Waals surface area contributed by atoms with E-state index in [0.717, 1.165) is 41.2 Å². The quantitative estimate of drug-likeness (QED) is 0.699. The third-order valence-electron chi connectivity index (χ3n) is 4.28. The van der Waals surface area contributed by atoms with Crippen molar-refractivity contribution in [3.8, 4) is 0 Å². The van der Waals surface area contributed by atoms with Gasteiger partial charge in [0, 0.05) is 36.4 Å². The molecule has 2 aromatic heterocycles. The van der Waals surface area contributed by atoms with Crippen molar-refractivity contribution in [1.82, 2.24) is 19.9 Å². The van der Waals surface area contributed by atoms with Gasteiger partial charge >= 0.3 is 0 Å². The summed E-state index contributed by atoms with van der Waals surface area (Å²) in [6, 6.07) is 5.82. The highest BCUT2D eigenvalue weighted by Crippen LogP contribution is 2.34. The second kappa shape index (κ2) is 6.45. The summed E-state index contributed by atoms with van der Waals surface area (Å²) >= 11 is 7.76. The van der Waals surface area contributed by atoms with Gasteiger partial charge in [-0.15, -0.1) is 11.3 Å². The summed E-state index contributed by atoms with van der Waals surface area (Å²) in [5, 5.41) is 1.85. The Morgan fingerprint density at radius 3 is 2.83 bits per heavy atom. The van der Waals surface area contributed by atoms with Crippen LogP contribution in [0.15, 0.2) is 36.8 Å². The molecule has 4 rings (SSSR count). The van der Waals surface area contributed by atoms with E-state index in [0.29, 0.717) is 16.6 Å². The lowest BCUT2D eigenvalue weighted by Crippen LogP contribution is -2.38. The van der Waals surface area contributed by atoms with Crippen molar-refractivity contribution in [2.75, 3.05) is 13.1 Å². The molecule has 1 saturated heterocycles. The largest absolute Gasteiger partial charge is 0.337 e. The molecule has 0 aliphatic carbocycles. The Balaban J connectivity index is 1.46. The van der Waals surface area contributed by atoms with E-state index in [1.54, 1.807) is 23.7 Å². The SMILES string of the molecule is O=C(c1cnccn1)N1CCC(c2nc3cc(Cl)ccc3s2)CC1. The van der Waals surface area contributed by atoms with Crippen LogP contribution in [0.1, 0.15) is 34.3 Å². The third kappa shape index (κ3) is 2.99. The summed E-state index contributed by atoms with van der Waals surface area (Å²) in [7, 11) is 0. The minimum atomic E-state index is -0.0439. The number of aromatic nitrogens is 3. The Labute approximate surface area is 148 Å². The van der Waals surface area contributed by atoms with Gasteiger partial charge in [-0.2, -0.15) is 0 Å². The number of hydrogen-bond donors (Lipinski definition) is 0. The third-order valence-corrected chi connectivity index (χ3v) is 5.71. The number of likely N-dealkylation sites (tertiary alicyclic amines) is 1. The van der Waals surface area contributed by atoms with Gasteiger partial charge in [-0.05, 0) is 31.0 Å². The molecule has 0 atom stereocenters. The molecule has 1 amide bonds. The van der Waals surface area contributed by atoms with Crippen LogP contribution in [0.3, 0.4) is 0 Å². The summed E-state index contributed by atoms with van der Waals surface area (Å²) in [6.07, 6.45) is 6.47. The van der Waals surface area contributed by atoms with E-state index in [-0.39, 0.29) is 5.91 Å². The Morgan fingerprint density at radius 1 is 1.25 bits per heavy atom. The molecular formula is C17H15ClN4OS. The number of piperidine rings is 1. The molecule has 122 valence electrons. The van der Waals surface area contributed by atoms with Gasteiger partial charge in [0.2, 0.25) is 0 Å². The molecule has 1 aromatic carbocycles. The van der Waals surface area contributed by atoms with Crippen LogP contribution in [-0.2, 0) is 0 Å². The molecule has 0 unspecified atom stereocenters. The van der Waals surface area contributed by atoms with Gasteiger partial charge in [-0.1, -0.05) is 11.6 Å². The van der Waals surface area contributed by atoms with Gasteiger partial charge < -0.3 is 4.90 Å². The predicted molar refractivity (Wildman–Crippen MR) is 94.5 cm³/mol. The maximum atomic E-state index is 12.4. The zero-order valence-electron chi connectivity index (χ0n) is 12.9. The normalized spacial score (nSPS) is 15.8. The minimum Gasteiger partial charge on any atom is -0.337 e. The number of rotatable bonds is 2. The molecule has 0 saturated carbocycles. The number of carbonyl (C=O) groups excluding carboxylic acids is 1. The Morgan fingerprint density at radius 2 is 2.08 bits per heavy atom. The molecule has 1 fully saturated rings. The topological polar surface area (TPSA) is 59.0 Å². The summed E-state index contributed by atoms with van der Waals surface area (Å²) in [5.41, 5.74) is 1.37. The van der Waals surface area contributed by atoms with E-state index >= 15 is 0 Å². The van der Waals surface area contributed by atoms with Crippen molar-refractivity contribution >= 4 is 39.1 Å². The lowest BCUT2D eigenvalue weighted by Gasteiger charge is -2.30. The van der Waals surface area contributed by atoms with Gasteiger partial charge in [0.25, 0.3) is 5.91 Å². The molecule has 7 heteroatoms. The molecule has 0 radical (unpaired) electrons. The second-order valence-corrected chi connectivity index (χ2v) is 7.32. The van der Waals surface area contributed by atoms with E-state index in [4.69, 9.17) is 16.6 Å². The molecule has 1 aliphatic heterocycles. The second-order valence-electron chi connectivity index (χ2n) is 5.82. The van der Waals surface area contributed by atoms with Crippen molar-refractivity contribution in [1.29, 1.82) is 0 Å².